The maximum absolute atomic E-state index is 10.6. The zero-order valence-corrected chi connectivity index (χ0v) is 20.9. The van der Waals surface area contributed by atoms with Crippen molar-refractivity contribution in [1.29, 1.82) is 0 Å². The fourth-order valence-corrected chi connectivity index (χ4v) is 4.86. The summed E-state index contributed by atoms with van der Waals surface area (Å²) >= 11 is 0. The maximum Gasteiger partial charge on any atom is 0.168 e. The van der Waals surface area contributed by atoms with Gasteiger partial charge in [-0.25, -0.2) is 4.98 Å². The fourth-order valence-electron chi connectivity index (χ4n) is 4.86. The molecular formula is C27H32N6O3. The molecule has 9 heteroatoms. The highest BCUT2D eigenvalue weighted by Crippen LogP contribution is 2.40. The van der Waals surface area contributed by atoms with Gasteiger partial charge in [-0.15, -0.1) is 0 Å². The molecule has 2 fully saturated rings. The number of hydrogen-bond donors (Lipinski definition) is 2. The summed E-state index contributed by atoms with van der Waals surface area (Å²) in [5.41, 5.74) is 2.43. The maximum atomic E-state index is 10.6. The zero-order valence-electron chi connectivity index (χ0n) is 20.9. The second kappa shape index (κ2) is 8.90. The molecule has 6 rings (SSSR count). The lowest BCUT2D eigenvalue weighted by Gasteiger charge is -2.21. The van der Waals surface area contributed by atoms with Gasteiger partial charge >= 0.3 is 0 Å². The Morgan fingerprint density at radius 1 is 1.08 bits per heavy atom. The molecule has 0 amide bonds. The number of nitrogens with one attached hydrogen (secondary N) is 1. The van der Waals surface area contributed by atoms with Gasteiger partial charge in [-0.1, -0.05) is 0 Å². The lowest BCUT2D eigenvalue weighted by atomic mass is 9.96. The van der Waals surface area contributed by atoms with Crippen LogP contribution in [0.3, 0.4) is 0 Å². The van der Waals surface area contributed by atoms with E-state index in [1.54, 1.807) is 24.7 Å². The Hall–Kier alpha value is -3.43. The van der Waals surface area contributed by atoms with Gasteiger partial charge in [0.05, 0.1) is 17.8 Å². The van der Waals surface area contributed by atoms with Crippen LogP contribution in [0.25, 0.3) is 10.9 Å². The number of pyridine rings is 1. The Morgan fingerprint density at radius 2 is 1.89 bits per heavy atom. The van der Waals surface area contributed by atoms with Gasteiger partial charge in [0.1, 0.15) is 28.6 Å². The van der Waals surface area contributed by atoms with E-state index in [0.29, 0.717) is 29.2 Å². The van der Waals surface area contributed by atoms with Crippen LogP contribution in [-0.4, -0.2) is 42.9 Å². The monoisotopic (exact) mass is 488 g/mol. The molecule has 1 aromatic carbocycles. The minimum Gasteiger partial charge on any atom is -0.454 e. The Kier molecular flexibility index (Phi) is 5.69. The number of fused-ring (bicyclic) bond motifs is 1. The third kappa shape index (κ3) is 4.56. The molecule has 1 aliphatic carbocycles. The molecule has 188 valence electrons. The Bertz CT molecular complexity index is 1390. The first-order chi connectivity index (χ1) is 17.3. The summed E-state index contributed by atoms with van der Waals surface area (Å²) in [6, 6.07) is 10.2. The van der Waals surface area contributed by atoms with Gasteiger partial charge in [0.2, 0.25) is 0 Å². The minimum atomic E-state index is -1.04. The van der Waals surface area contributed by atoms with Gasteiger partial charge in [-0.05, 0) is 63.8 Å². The molecule has 36 heavy (non-hydrogen) atoms. The van der Waals surface area contributed by atoms with Gasteiger partial charge in [0.15, 0.2) is 5.75 Å². The topological polar surface area (TPSA) is 99.3 Å². The normalized spacial score (nSPS) is 17.0. The van der Waals surface area contributed by atoms with E-state index in [0.717, 1.165) is 54.1 Å². The van der Waals surface area contributed by atoms with Crippen LogP contribution < -0.4 is 10.1 Å². The number of anilines is 2. The third-order valence-electron chi connectivity index (χ3n) is 6.92. The van der Waals surface area contributed by atoms with Crippen LogP contribution in [0.15, 0.2) is 42.7 Å². The molecule has 1 saturated carbocycles. The molecule has 4 aromatic rings. The summed E-state index contributed by atoms with van der Waals surface area (Å²) in [4.78, 5) is 4.49. The van der Waals surface area contributed by atoms with E-state index in [2.05, 4.69) is 20.1 Å². The molecule has 4 heterocycles. The summed E-state index contributed by atoms with van der Waals surface area (Å²) in [6.45, 7) is 5.02. The highest BCUT2D eigenvalue weighted by molar-refractivity contribution is 5.86. The summed E-state index contributed by atoms with van der Waals surface area (Å²) in [5.74, 6) is 2.54. The predicted octanol–water partition coefficient (Wildman–Crippen LogP) is 5.16. The first-order valence-electron chi connectivity index (χ1n) is 12.6. The molecule has 0 atom stereocenters. The lowest BCUT2D eigenvalue weighted by molar-refractivity contribution is 0.0747. The fraction of sp³-hybridized carbons (Fsp3) is 0.444. The van der Waals surface area contributed by atoms with Gasteiger partial charge in [-0.3, -0.25) is 9.36 Å². The van der Waals surface area contributed by atoms with E-state index in [1.807, 2.05) is 43.6 Å². The second-order valence-corrected chi connectivity index (χ2v) is 10.3. The van der Waals surface area contributed by atoms with Crippen molar-refractivity contribution in [3.63, 3.8) is 0 Å². The van der Waals surface area contributed by atoms with Gasteiger partial charge < -0.3 is 19.9 Å². The van der Waals surface area contributed by atoms with E-state index in [1.165, 1.54) is 12.8 Å². The molecule has 2 N–H and O–H groups in total. The highest BCUT2D eigenvalue weighted by Gasteiger charge is 2.30. The molecule has 3 aromatic heterocycles. The summed E-state index contributed by atoms with van der Waals surface area (Å²) in [5, 5.41) is 24.3. The van der Waals surface area contributed by atoms with Gasteiger partial charge in [-0.2, -0.15) is 10.2 Å². The van der Waals surface area contributed by atoms with Crippen LogP contribution in [0.1, 0.15) is 62.9 Å². The van der Waals surface area contributed by atoms with Crippen molar-refractivity contribution in [2.75, 3.05) is 18.5 Å². The molecule has 0 radical (unpaired) electrons. The van der Waals surface area contributed by atoms with Crippen LogP contribution in [-0.2, 0) is 17.4 Å². The number of nitrogens with zero attached hydrogens (tertiary/aromatic N) is 5. The minimum absolute atomic E-state index is 0.351. The molecule has 0 bridgehead atoms. The van der Waals surface area contributed by atoms with E-state index in [4.69, 9.17) is 14.6 Å². The van der Waals surface area contributed by atoms with E-state index >= 15 is 0 Å². The van der Waals surface area contributed by atoms with Gasteiger partial charge in [0.25, 0.3) is 0 Å². The van der Waals surface area contributed by atoms with Crippen molar-refractivity contribution in [3.8, 4) is 11.5 Å². The van der Waals surface area contributed by atoms with Crippen LogP contribution in [0.4, 0.5) is 11.5 Å². The Morgan fingerprint density at radius 3 is 2.64 bits per heavy atom. The van der Waals surface area contributed by atoms with Crippen molar-refractivity contribution in [2.45, 2.75) is 57.1 Å². The third-order valence-corrected chi connectivity index (χ3v) is 6.92. The Balaban J connectivity index is 1.26. The number of aromatic nitrogens is 5. The van der Waals surface area contributed by atoms with Crippen molar-refractivity contribution in [1.82, 2.24) is 24.5 Å². The van der Waals surface area contributed by atoms with Crippen molar-refractivity contribution in [2.24, 2.45) is 7.05 Å². The molecular weight excluding hydrogens is 456 g/mol. The van der Waals surface area contributed by atoms with Crippen LogP contribution in [0, 0.1) is 0 Å². The quantitative estimate of drug-likeness (QED) is 0.371. The van der Waals surface area contributed by atoms with E-state index < -0.39 is 5.60 Å². The average Bonchev–Trinajstić information content (AvgIpc) is 3.54. The molecule has 2 aliphatic rings. The Labute approximate surface area is 210 Å². The standard InChI is InChI=1S/C27H32N6O3/c1-27(2,34)26-21-14-18(4-7-22(21)32(3)31-26)29-24-15-20(8-11-28-24)36-23-16-33(19-5-6-19)30-25(23)17-9-12-35-13-10-17/h4,7-8,11,14-17,19,34H,5-6,9-10,12-13H2,1-3H3,(H,28,29). The van der Waals surface area contributed by atoms with Crippen molar-refractivity contribution >= 4 is 22.4 Å². The number of hydrogen-bond acceptors (Lipinski definition) is 7. The van der Waals surface area contributed by atoms with E-state index in [9.17, 15) is 5.11 Å². The molecule has 9 nitrogen and oxygen atoms in total. The van der Waals surface area contributed by atoms with E-state index in [-0.39, 0.29) is 0 Å². The van der Waals surface area contributed by atoms with Crippen molar-refractivity contribution < 1.29 is 14.6 Å². The molecule has 0 unspecified atom stereocenters. The average molecular weight is 489 g/mol. The summed E-state index contributed by atoms with van der Waals surface area (Å²) in [6.07, 6.45) is 8.06. The number of ether oxygens (including phenoxy) is 2. The van der Waals surface area contributed by atoms with Gasteiger partial charge in [0, 0.05) is 49.5 Å². The lowest BCUT2D eigenvalue weighted by Crippen LogP contribution is -2.17. The highest BCUT2D eigenvalue weighted by atomic mass is 16.5. The van der Waals surface area contributed by atoms with Crippen molar-refractivity contribution in [3.05, 3.63) is 54.1 Å². The number of aliphatic hydroxyl groups is 1. The van der Waals surface area contributed by atoms with Crippen LogP contribution in [0.2, 0.25) is 0 Å². The number of benzene rings is 1. The van der Waals surface area contributed by atoms with Crippen LogP contribution >= 0.6 is 0 Å². The summed E-state index contributed by atoms with van der Waals surface area (Å²) in [7, 11) is 1.88. The zero-order chi connectivity index (χ0) is 24.9. The smallest absolute Gasteiger partial charge is 0.168 e. The first-order valence-corrected chi connectivity index (χ1v) is 12.6. The molecule has 1 saturated heterocycles. The summed E-state index contributed by atoms with van der Waals surface area (Å²) < 4.78 is 15.8. The second-order valence-electron chi connectivity index (χ2n) is 10.3. The molecule has 1 aliphatic heterocycles. The number of aryl methyl sites for hydroxylation is 1. The predicted molar refractivity (Wildman–Crippen MR) is 137 cm³/mol. The van der Waals surface area contributed by atoms with Crippen LogP contribution in [0.5, 0.6) is 11.5 Å². The molecule has 0 spiro atoms. The SMILES string of the molecule is Cn1nc(C(C)(C)O)c2cc(Nc3cc(Oc4cn(C5CC5)nc4C4CCOCC4)ccn3)ccc21. The first kappa shape index (κ1) is 23.0. The largest absolute Gasteiger partial charge is 0.454 e. The number of rotatable bonds is 7.